The number of hydrogen-bond donors (Lipinski definition) is 2. The standard InChI is InChI=1S/C20H21ClN2O2S/c1-11-5-13(21)6-16(19(11)25-18-9-22-8-12(18)2)15-3-4-23-17-7-14(10-24)26-20(15)17/h3-7,12,18,22,24H,8-10H2,1-2H3/t12-,18-/m1/s1. The molecule has 0 amide bonds. The van der Waals surface area contributed by atoms with Crippen LogP contribution in [0.15, 0.2) is 30.5 Å². The van der Waals surface area contributed by atoms with Gasteiger partial charge in [0.2, 0.25) is 0 Å². The van der Waals surface area contributed by atoms with Crippen LogP contribution in [-0.4, -0.2) is 29.3 Å². The average Bonchev–Trinajstić information content (AvgIpc) is 3.22. The van der Waals surface area contributed by atoms with Crippen molar-refractivity contribution in [3.05, 3.63) is 45.9 Å². The Labute approximate surface area is 161 Å². The van der Waals surface area contributed by atoms with E-state index in [0.29, 0.717) is 10.9 Å². The van der Waals surface area contributed by atoms with E-state index in [-0.39, 0.29) is 12.7 Å². The molecule has 136 valence electrons. The lowest BCUT2D eigenvalue weighted by molar-refractivity contribution is 0.182. The topological polar surface area (TPSA) is 54.4 Å². The maximum atomic E-state index is 9.49. The molecule has 2 N–H and O–H groups in total. The number of hydrogen-bond acceptors (Lipinski definition) is 5. The van der Waals surface area contributed by atoms with E-state index in [4.69, 9.17) is 16.3 Å². The van der Waals surface area contributed by atoms with Gasteiger partial charge < -0.3 is 15.2 Å². The van der Waals surface area contributed by atoms with Crippen molar-refractivity contribution < 1.29 is 9.84 Å². The molecule has 2 aromatic heterocycles. The van der Waals surface area contributed by atoms with E-state index in [1.54, 1.807) is 17.5 Å². The van der Waals surface area contributed by atoms with Crippen LogP contribution in [0.25, 0.3) is 21.3 Å². The molecule has 4 rings (SSSR count). The first-order valence-electron chi connectivity index (χ1n) is 8.73. The number of thiophene rings is 1. The van der Waals surface area contributed by atoms with Crippen molar-refractivity contribution in [2.75, 3.05) is 13.1 Å². The maximum absolute atomic E-state index is 9.49. The van der Waals surface area contributed by atoms with Crippen LogP contribution in [0.1, 0.15) is 17.4 Å². The smallest absolute Gasteiger partial charge is 0.130 e. The van der Waals surface area contributed by atoms with Crippen molar-refractivity contribution in [2.24, 2.45) is 5.92 Å². The Balaban J connectivity index is 1.87. The molecule has 3 heterocycles. The van der Waals surface area contributed by atoms with Crippen LogP contribution in [0.2, 0.25) is 5.02 Å². The molecular weight excluding hydrogens is 368 g/mol. The highest BCUT2D eigenvalue weighted by atomic mass is 35.5. The number of aliphatic hydroxyl groups excluding tert-OH is 1. The Morgan fingerprint density at radius 1 is 1.31 bits per heavy atom. The Morgan fingerprint density at radius 3 is 2.88 bits per heavy atom. The fourth-order valence-corrected chi connectivity index (χ4v) is 4.73. The van der Waals surface area contributed by atoms with E-state index < -0.39 is 0 Å². The molecule has 0 aliphatic carbocycles. The zero-order valence-electron chi connectivity index (χ0n) is 14.8. The van der Waals surface area contributed by atoms with E-state index in [2.05, 4.69) is 17.2 Å². The lowest BCUT2D eigenvalue weighted by Gasteiger charge is -2.22. The number of aliphatic hydroxyl groups is 1. The van der Waals surface area contributed by atoms with Gasteiger partial charge in [-0.05, 0) is 36.8 Å². The quantitative estimate of drug-likeness (QED) is 0.695. The van der Waals surface area contributed by atoms with Crippen molar-refractivity contribution in [3.63, 3.8) is 0 Å². The number of benzene rings is 1. The summed E-state index contributed by atoms with van der Waals surface area (Å²) in [6.45, 7) is 6.07. The highest BCUT2D eigenvalue weighted by molar-refractivity contribution is 7.19. The normalized spacial score (nSPS) is 20.0. The maximum Gasteiger partial charge on any atom is 0.130 e. The van der Waals surface area contributed by atoms with Crippen LogP contribution >= 0.6 is 22.9 Å². The molecule has 26 heavy (non-hydrogen) atoms. The summed E-state index contributed by atoms with van der Waals surface area (Å²) in [5.41, 5.74) is 3.93. The third kappa shape index (κ3) is 3.21. The molecule has 1 aliphatic heterocycles. The minimum atomic E-state index is 0.0175. The lowest BCUT2D eigenvalue weighted by atomic mass is 10.0. The lowest BCUT2D eigenvalue weighted by Crippen LogP contribution is -2.24. The minimum absolute atomic E-state index is 0.0175. The molecule has 0 spiro atoms. The average molecular weight is 389 g/mol. The van der Waals surface area contributed by atoms with E-state index in [1.165, 1.54) is 0 Å². The van der Waals surface area contributed by atoms with E-state index in [9.17, 15) is 5.11 Å². The predicted molar refractivity (Wildman–Crippen MR) is 107 cm³/mol. The molecule has 1 aliphatic rings. The Kier molecular flexibility index (Phi) is 4.88. The van der Waals surface area contributed by atoms with Gasteiger partial charge in [0.05, 0.1) is 16.8 Å². The molecule has 4 nitrogen and oxygen atoms in total. The molecule has 0 unspecified atom stereocenters. The number of fused-ring (bicyclic) bond motifs is 1. The fraction of sp³-hybridized carbons (Fsp3) is 0.350. The molecule has 1 saturated heterocycles. The molecule has 1 aromatic carbocycles. The number of halogens is 1. The van der Waals surface area contributed by atoms with Crippen molar-refractivity contribution >= 4 is 33.2 Å². The molecular formula is C20H21ClN2O2S. The number of aryl methyl sites for hydroxylation is 1. The monoisotopic (exact) mass is 388 g/mol. The molecule has 3 aromatic rings. The Bertz CT molecular complexity index is 956. The highest BCUT2D eigenvalue weighted by Crippen LogP contribution is 2.42. The van der Waals surface area contributed by atoms with Crippen LogP contribution in [-0.2, 0) is 6.61 Å². The first-order chi connectivity index (χ1) is 12.6. The number of nitrogens with one attached hydrogen (secondary N) is 1. The molecule has 0 radical (unpaired) electrons. The largest absolute Gasteiger partial charge is 0.488 e. The van der Waals surface area contributed by atoms with Gasteiger partial charge in [-0.15, -0.1) is 11.3 Å². The number of nitrogens with zero attached hydrogens (tertiary/aromatic N) is 1. The van der Waals surface area contributed by atoms with Gasteiger partial charge in [0, 0.05) is 46.2 Å². The fourth-order valence-electron chi connectivity index (χ4n) is 3.46. The van der Waals surface area contributed by atoms with Crippen LogP contribution in [0.5, 0.6) is 5.75 Å². The van der Waals surface area contributed by atoms with Crippen molar-refractivity contribution in [2.45, 2.75) is 26.6 Å². The van der Waals surface area contributed by atoms with Crippen LogP contribution in [0.3, 0.4) is 0 Å². The first-order valence-corrected chi connectivity index (χ1v) is 9.92. The third-order valence-electron chi connectivity index (χ3n) is 4.86. The van der Waals surface area contributed by atoms with Crippen molar-refractivity contribution in [1.29, 1.82) is 0 Å². The number of rotatable bonds is 4. The molecule has 1 fully saturated rings. The Morgan fingerprint density at radius 2 is 2.15 bits per heavy atom. The molecule has 6 heteroatoms. The number of ether oxygens (including phenoxy) is 1. The zero-order valence-corrected chi connectivity index (χ0v) is 16.3. The minimum Gasteiger partial charge on any atom is -0.488 e. The number of aromatic nitrogens is 1. The van der Waals surface area contributed by atoms with E-state index >= 15 is 0 Å². The summed E-state index contributed by atoms with van der Waals surface area (Å²) in [7, 11) is 0. The summed E-state index contributed by atoms with van der Waals surface area (Å²) in [4.78, 5) is 5.34. The summed E-state index contributed by atoms with van der Waals surface area (Å²) in [6.07, 6.45) is 1.94. The van der Waals surface area contributed by atoms with Crippen LogP contribution < -0.4 is 10.1 Å². The van der Waals surface area contributed by atoms with Gasteiger partial charge in [-0.1, -0.05) is 18.5 Å². The highest BCUT2D eigenvalue weighted by Gasteiger charge is 2.27. The summed E-state index contributed by atoms with van der Waals surface area (Å²) < 4.78 is 7.50. The van der Waals surface area contributed by atoms with Gasteiger partial charge in [-0.3, -0.25) is 4.98 Å². The first kappa shape index (κ1) is 17.7. The number of pyridine rings is 1. The summed E-state index contributed by atoms with van der Waals surface area (Å²) in [5.74, 6) is 1.33. The van der Waals surface area contributed by atoms with Gasteiger partial charge in [0.25, 0.3) is 0 Å². The SMILES string of the molecule is Cc1cc(Cl)cc(-c2ccnc3cc(CO)sc23)c1O[C@@H]1CNC[C@H]1C. The van der Waals surface area contributed by atoms with Gasteiger partial charge in [0.1, 0.15) is 11.9 Å². The van der Waals surface area contributed by atoms with E-state index in [1.807, 2.05) is 31.2 Å². The van der Waals surface area contributed by atoms with Crippen molar-refractivity contribution in [1.82, 2.24) is 10.3 Å². The second-order valence-corrected chi connectivity index (χ2v) is 8.41. The van der Waals surface area contributed by atoms with E-state index in [0.717, 1.165) is 50.6 Å². The second kappa shape index (κ2) is 7.16. The van der Waals surface area contributed by atoms with Crippen LogP contribution in [0.4, 0.5) is 0 Å². The van der Waals surface area contributed by atoms with Gasteiger partial charge >= 0.3 is 0 Å². The van der Waals surface area contributed by atoms with Gasteiger partial charge in [0.15, 0.2) is 0 Å². The van der Waals surface area contributed by atoms with Crippen molar-refractivity contribution in [3.8, 4) is 16.9 Å². The second-order valence-electron chi connectivity index (χ2n) is 6.83. The molecule has 2 atom stereocenters. The zero-order chi connectivity index (χ0) is 18.3. The predicted octanol–water partition coefficient (Wildman–Crippen LogP) is 4.40. The van der Waals surface area contributed by atoms with Crippen LogP contribution in [0, 0.1) is 12.8 Å². The summed E-state index contributed by atoms with van der Waals surface area (Å²) in [6, 6.07) is 7.84. The Hall–Kier alpha value is -1.66. The summed E-state index contributed by atoms with van der Waals surface area (Å²) >= 11 is 7.94. The third-order valence-corrected chi connectivity index (χ3v) is 6.22. The molecule has 0 saturated carbocycles. The molecule has 0 bridgehead atoms. The summed E-state index contributed by atoms with van der Waals surface area (Å²) in [5, 5.41) is 13.6. The van der Waals surface area contributed by atoms with Gasteiger partial charge in [-0.25, -0.2) is 0 Å². The van der Waals surface area contributed by atoms with Gasteiger partial charge in [-0.2, -0.15) is 0 Å².